The van der Waals surface area contributed by atoms with Crippen molar-refractivity contribution in [1.29, 1.82) is 0 Å². The Morgan fingerprint density at radius 3 is 2.39 bits per heavy atom. The summed E-state index contributed by atoms with van der Waals surface area (Å²) in [5, 5.41) is 0.944. The average molecular weight is 289 g/mol. The van der Waals surface area contributed by atoms with Gasteiger partial charge in [-0.25, -0.2) is 0 Å². The van der Waals surface area contributed by atoms with Crippen LogP contribution in [0.4, 0.5) is 13.2 Å². The quantitative estimate of drug-likeness (QED) is 0.717. The van der Waals surface area contributed by atoms with Gasteiger partial charge < -0.3 is 10.1 Å². The van der Waals surface area contributed by atoms with E-state index in [1.165, 1.54) is 6.92 Å². The lowest BCUT2D eigenvalue weighted by Crippen LogP contribution is -2.37. The van der Waals surface area contributed by atoms with Crippen LogP contribution >= 0.6 is 0 Å². The normalized spacial score (nSPS) is 14.7. The van der Waals surface area contributed by atoms with Gasteiger partial charge in [-0.15, -0.1) is 0 Å². The molecule has 5 nitrogen and oxygen atoms in total. The molecule has 0 aromatic heterocycles. The van der Waals surface area contributed by atoms with Crippen molar-refractivity contribution >= 4 is 22.7 Å². The van der Waals surface area contributed by atoms with Crippen molar-refractivity contribution in [3.63, 3.8) is 0 Å². The molecule has 0 saturated carbocycles. The third-order valence-electron chi connectivity index (χ3n) is 1.89. The standard InChI is InChI=1S/C9H14F3NO4S/c1-6(3-8(15)17-2)18(16)4-7(14)13-5-9(10,11)12/h6H,3-5H2,1-2H3,(H,13,14). The zero-order chi connectivity index (χ0) is 14.3. The van der Waals surface area contributed by atoms with Gasteiger partial charge in [0, 0.05) is 16.0 Å². The number of ether oxygens (including phenoxy) is 1. The Kier molecular flexibility index (Phi) is 6.89. The van der Waals surface area contributed by atoms with Crippen LogP contribution in [0.15, 0.2) is 0 Å². The molecule has 0 radical (unpaired) electrons. The summed E-state index contributed by atoms with van der Waals surface area (Å²) in [4.78, 5) is 21.9. The molecule has 18 heavy (non-hydrogen) atoms. The highest BCUT2D eigenvalue weighted by Crippen LogP contribution is 2.12. The van der Waals surface area contributed by atoms with Gasteiger partial charge in [0.15, 0.2) is 0 Å². The molecule has 0 aliphatic carbocycles. The van der Waals surface area contributed by atoms with Gasteiger partial charge in [0.05, 0.1) is 13.5 Å². The van der Waals surface area contributed by atoms with Crippen LogP contribution in [0.2, 0.25) is 0 Å². The first-order valence-electron chi connectivity index (χ1n) is 4.93. The smallest absolute Gasteiger partial charge is 0.405 e. The highest BCUT2D eigenvalue weighted by atomic mass is 32.2. The number of alkyl halides is 3. The van der Waals surface area contributed by atoms with E-state index in [0.29, 0.717) is 0 Å². The lowest BCUT2D eigenvalue weighted by atomic mass is 10.3. The zero-order valence-electron chi connectivity index (χ0n) is 9.87. The molecule has 0 saturated heterocycles. The number of nitrogens with one attached hydrogen (secondary N) is 1. The number of hydrogen-bond acceptors (Lipinski definition) is 4. The van der Waals surface area contributed by atoms with Crippen molar-refractivity contribution in [2.45, 2.75) is 24.8 Å². The third kappa shape index (κ3) is 8.04. The molecule has 1 N–H and O–H groups in total. The van der Waals surface area contributed by atoms with Gasteiger partial charge in [0.25, 0.3) is 0 Å². The second-order valence-corrected chi connectivity index (χ2v) is 5.36. The molecule has 106 valence electrons. The lowest BCUT2D eigenvalue weighted by Gasteiger charge is -2.11. The van der Waals surface area contributed by atoms with E-state index >= 15 is 0 Å². The van der Waals surface area contributed by atoms with E-state index < -0.39 is 46.4 Å². The topological polar surface area (TPSA) is 72.5 Å². The maximum atomic E-state index is 11.8. The number of hydrogen-bond donors (Lipinski definition) is 1. The van der Waals surface area contributed by atoms with E-state index in [0.717, 1.165) is 7.11 Å². The largest absolute Gasteiger partial charge is 0.469 e. The number of rotatable bonds is 6. The summed E-state index contributed by atoms with van der Waals surface area (Å²) in [5.74, 6) is -2.14. The summed E-state index contributed by atoms with van der Waals surface area (Å²) < 4.78 is 51.2. The van der Waals surface area contributed by atoms with E-state index in [1.54, 1.807) is 5.32 Å². The Bertz CT molecular complexity index is 332. The molecule has 0 aliphatic heterocycles. The molecule has 0 aliphatic rings. The second kappa shape index (κ2) is 7.34. The number of methoxy groups -OCH3 is 1. The van der Waals surface area contributed by atoms with Gasteiger partial charge in [0.2, 0.25) is 5.91 Å². The molecular weight excluding hydrogens is 275 g/mol. The SMILES string of the molecule is COC(=O)CC(C)S(=O)CC(=O)NCC(F)(F)F. The van der Waals surface area contributed by atoms with Crippen molar-refractivity contribution < 1.29 is 31.7 Å². The Balaban J connectivity index is 4.07. The molecule has 0 aromatic rings. The van der Waals surface area contributed by atoms with Crippen molar-refractivity contribution in [2.24, 2.45) is 0 Å². The van der Waals surface area contributed by atoms with Crippen molar-refractivity contribution in [3.05, 3.63) is 0 Å². The fourth-order valence-corrected chi connectivity index (χ4v) is 1.90. The van der Waals surface area contributed by atoms with Gasteiger partial charge in [-0.2, -0.15) is 13.2 Å². The molecular formula is C9H14F3NO4S. The molecule has 0 heterocycles. The number of esters is 1. The highest BCUT2D eigenvalue weighted by molar-refractivity contribution is 7.86. The maximum absolute atomic E-state index is 11.8. The van der Waals surface area contributed by atoms with Crippen molar-refractivity contribution in [3.8, 4) is 0 Å². The summed E-state index contributed by atoms with van der Waals surface area (Å²) in [6.45, 7) is -0.0154. The molecule has 2 unspecified atom stereocenters. The van der Waals surface area contributed by atoms with Crippen LogP contribution in [0, 0.1) is 0 Å². The van der Waals surface area contributed by atoms with Gasteiger partial charge in [-0.1, -0.05) is 6.92 Å². The number of halogens is 3. The van der Waals surface area contributed by atoms with E-state index in [1.807, 2.05) is 0 Å². The monoisotopic (exact) mass is 289 g/mol. The molecule has 0 aromatic carbocycles. The summed E-state index contributed by atoms with van der Waals surface area (Å²) in [6, 6.07) is 0. The Morgan fingerprint density at radius 2 is 1.94 bits per heavy atom. The Hall–Kier alpha value is -1.12. The lowest BCUT2D eigenvalue weighted by molar-refractivity contribution is -0.140. The summed E-state index contributed by atoms with van der Waals surface area (Å²) in [5.41, 5.74) is 0. The van der Waals surface area contributed by atoms with E-state index in [-0.39, 0.29) is 6.42 Å². The minimum atomic E-state index is -4.51. The van der Waals surface area contributed by atoms with Crippen molar-refractivity contribution in [1.82, 2.24) is 5.32 Å². The van der Waals surface area contributed by atoms with Gasteiger partial charge in [-0.3, -0.25) is 13.8 Å². The minimum Gasteiger partial charge on any atom is -0.469 e. The Morgan fingerprint density at radius 1 is 1.39 bits per heavy atom. The average Bonchev–Trinajstić information content (AvgIpc) is 2.25. The fourth-order valence-electron chi connectivity index (χ4n) is 0.932. The number of amides is 1. The van der Waals surface area contributed by atoms with Crippen LogP contribution in [0.5, 0.6) is 0 Å². The van der Waals surface area contributed by atoms with E-state index in [9.17, 15) is 27.0 Å². The minimum absolute atomic E-state index is 0.157. The maximum Gasteiger partial charge on any atom is 0.405 e. The molecule has 0 bridgehead atoms. The van der Waals surface area contributed by atoms with Crippen LogP contribution in [0.3, 0.4) is 0 Å². The summed E-state index contributed by atoms with van der Waals surface area (Å²) in [6.07, 6.45) is -4.66. The number of carbonyl (C=O) groups excluding carboxylic acids is 2. The summed E-state index contributed by atoms with van der Waals surface area (Å²) >= 11 is 0. The van der Waals surface area contributed by atoms with Crippen LogP contribution in [0.25, 0.3) is 0 Å². The van der Waals surface area contributed by atoms with Crippen molar-refractivity contribution in [2.75, 3.05) is 19.4 Å². The van der Waals surface area contributed by atoms with Crippen LogP contribution in [0.1, 0.15) is 13.3 Å². The molecule has 0 rings (SSSR count). The second-order valence-electron chi connectivity index (χ2n) is 3.51. The molecule has 2 atom stereocenters. The van der Waals surface area contributed by atoms with Crippen LogP contribution in [-0.2, 0) is 25.1 Å². The third-order valence-corrected chi connectivity index (χ3v) is 3.50. The van der Waals surface area contributed by atoms with Crippen LogP contribution < -0.4 is 5.32 Å². The predicted molar refractivity (Wildman–Crippen MR) is 58.2 cm³/mol. The molecule has 0 spiro atoms. The first-order valence-corrected chi connectivity index (χ1v) is 6.31. The molecule has 0 fully saturated rings. The predicted octanol–water partition coefficient (Wildman–Crippen LogP) is 0.365. The first kappa shape index (κ1) is 16.9. The zero-order valence-corrected chi connectivity index (χ0v) is 10.7. The number of carbonyl (C=O) groups is 2. The van der Waals surface area contributed by atoms with Gasteiger partial charge >= 0.3 is 12.1 Å². The molecule has 1 amide bonds. The molecule has 9 heteroatoms. The van der Waals surface area contributed by atoms with Crippen LogP contribution in [-0.4, -0.2) is 46.9 Å². The van der Waals surface area contributed by atoms with Gasteiger partial charge in [0.1, 0.15) is 12.3 Å². The highest BCUT2D eigenvalue weighted by Gasteiger charge is 2.28. The fraction of sp³-hybridized carbons (Fsp3) is 0.778. The first-order chi connectivity index (χ1) is 8.15. The Labute approximate surface area is 105 Å². The van der Waals surface area contributed by atoms with E-state index in [2.05, 4.69) is 4.74 Å². The van der Waals surface area contributed by atoms with E-state index in [4.69, 9.17) is 0 Å². The van der Waals surface area contributed by atoms with Gasteiger partial charge in [-0.05, 0) is 0 Å². The summed E-state index contributed by atoms with van der Waals surface area (Å²) in [7, 11) is -0.565.